The molecule has 0 atom stereocenters. The summed E-state index contributed by atoms with van der Waals surface area (Å²) in [4.78, 5) is 0. The third kappa shape index (κ3) is 2.63. The molecule has 0 unspecified atom stereocenters. The third-order valence-corrected chi connectivity index (χ3v) is 4.72. The molecular formula is C15H10ClFIN3. The van der Waals surface area contributed by atoms with Gasteiger partial charge in [-0.05, 0) is 40.8 Å². The van der Waals surface area contributed by atoms with E-state index in [0.717, 1.165) is 9.13 Å². The van der Waals surface area contributed by atoms with E-state index in [0.29, 0.717) is 21.8 Å². The van der Waals surface area contributed by atoms with E-state index < -0.39 is 0 Å². The van der Waals surface area contributed by atoms with Crippen molar-refractivity contribution in [1.82, 2.24) is 10.2 Å². The van der Waals surface area contributed by atoms with Gasteiger partial charge < -0.3 is 5.73 Å². The van der Waals surface area contributed by atoms with Crippen LogP contribution in [-0.4, -0.2) is 10.2 Å². The first kappa shape index (κ1) is 14.3. The van der Waals surface area contributed by atoms with E-state index in [1.165, 1.54) is 6.07 Å². The maximum atomic E-state index is 14.0. The summed E-state index contributed by atoms with van der Waals surface area (Å²) in [7, 11) is 0. The number of rotatable bonds is 2. The highest BCUT2D eigenvalue weighted by Crippen LogP contribution is 2.37. The quantitative estimate of drug-likeness (QED) is 0.597. The number of halogens is 3. The van der Waals surface area contributed by atoms with E-state index in [1.807, 2.05) is 12.1 Å². The zero-order valence-electron chi connectivity index (χ0n) is 10.7. The van der Waals surface area contributed by atoms with Crippen LogP contribution >= 0.6 is 34.2 Å². The summed E-state index contributed by atoms with van der Waals surface area (Å²) < 4.78 is 15.0. The van der Waals surface area contributed by atoms with E-state index in [-0.39, 0.29) is 11.6 Å². The van der Waals surface area contributed by atoms with Crippen LogP contribution in [0, 0.1) is 9.39 Å². The normalized spacial score (nSPS) is 10.8. The predicted molar refractivity (Wildman–Crippen MR) is 91.6 cm³/mol. The SMILES string of the molecule is Nc1n[nH]c(-c2ccc(I)c(Cl)c2)c1-c1ccccc1F. The van der Waals surface area contributed by atoms with Gasteiger partial charge in [0.05, 0.1) is 16.3 Å². The molecule has 0 radical (unpaired) electrons. The van der Waals surface area contributed by atoms with Gasteiger partial charge >= 0.3 is 0 Å². The summed E-state index contributed by atoms with van der Waals surface area (Å²) >= 11 is 8.30. The van der Waals surface area contributed by atoms with Crippen molar-refractivity contribution in [3.05, 3.63) is 56.9 Å². The number of hydrogen-bond donors (Lipinski definition) is 2. The zero-order chi connectivity index (χ0) is 15.0. The maximum Gasteiger partial charge on any atom is 0.153 e. The molecule has 0 bridgehead atoms. The number of nitrogens with zero attached hydrogens (tertiary/aromatic N) is 1. The van der Waals surface area contributed by atoms with Crippen LogP contribution in [0.15, 0.2) is 42.5 Å². The number of H-pyrrole nitrogens is 1. The van der Waals surface area contributed by atoms with Crippen molar-refractivity contribution in [2.75, 3.05) is 5.73 Å². The number of nitrogens with two attached hydrogens (primary N) is 1. The Kier molecular flexibility index (Phi) is 3.86. The minimum Gasteiger partial charge on any atom is -0.382 e. The Morgan fingerprint density at radius 1 is 1.19 bits per heavy atom. The Balaban J connectivity index is 2.22. The molecule has 0 aliphatic rings. The molecular weight excluding hydrogens is 404 g/mol. The minimum absolute atomic E-state index is 0.254. The van der Waals surface area contributed by atoms with Crippen molar-refractivity contribution < 1.29 is 4.39 Å². The molecule has 3 N–H and O–H groups in total. The summed E-state index contributed by atoms with van der Waals surface area (Å²) in [6.45, 7) is 0. The number of benzene rings is 2. The summed E-state index contributed by atoms with van der Waals surface area (Å²) in [5, 5.41) is 7.49. The fourth-order valence-corrected chi connectivity index (χ4v) is 2.67. The Morgan fingerprint density at radius 2 is 1.95 bits per heavy atom. The molecule has 0 aliphatic heterocycles. The van der Waals surface area contributed by atoms with Crippen molar-refractivity contribution in [3.8, 4) is 22.4 Å². The number of nitrogen functional groups attached to an aromatic ring is 1. The first-order chi connectivity index (χ1) is 10.1. The Morgan fingerprint density at radius 3 is 2.67 bits per heavy atom. The van der Waals surface area contributed by atoms with Gasteiger partial charge in [0.15, 0.2) is 5.82 Å². The van der Waals surface area contributed by atoms with Crippen LogP contribution < -0.4 is 5.73 Å². The van der Waals surface area contributed by atoms with Crippen molar-refractivity contribution in [2.45, 2.75) is 0 Å². The van der Waals surface area contributed by atoms with Crippen molar-refractivity contribution in [1.29, 1.82) is 0 Å². The Hall–Kier alpha value is -1.60. The van der Waals surface area contributed by atoms with Gasteiger partial charge in [-0.25, -0.2) is 4.39 Å². The molecule has 21 heavy (non-hydrogen) atoms. The monoisotopic (exact) mass is 413 g/mol. The van der Waals surface area contributed by atoms with Crippen LogP contribution in [0.3, 0.4) is 0 Å². The van der Waals surface area contributed by atoms with Crippen molar-refractivity contribution in [3.63, 3.8) is 0 Å². The number of aromatic nitrogens is 2. The fraction of sp³-hybridized carbons (Fsp3) is 0. The Labute approximate surface area is 139 Å². The molecule has 3 aromatic rings. The van der Waals surface area contributed by atoms with E-state index >= 15 is 0 Å². The van der Waals surface area contributed by atoms with Gasteiger partial charge in [0.2, 0.25) is 0 Å². The van der Waals surface area contributed by atoms with E-state index in [2.05, 4.69) is 32.8 Å². The molecule has 1 aromatic heterocycles. The highest BCUT2D eigenvalue weighted by atomic mass is 127. The molecule has 0 saturated carbocycles. The standard InChI is InChI=1S/C15H10ClFIN3/c16-10-7-8(5-6-12(10)18)14-13(15(19)21-20-14)9-3-1-2-4-11(9)17/h1-7H,(H3,19,20,21). The van der Waals surface area contributed by atoms with E-state index in [9.17, 15) is 4.39 Å². The summed E-state index contributed by atoms with van der Waals surface area (Å²) in [5.41, 5.74) is 8.32. The molecule has 106 valence electrons. The second kappa shape index (κ2) is 5.65. The summed E-state index contributed by atoms with van der Waals surface area (Å²) in [6, 6.07) is 12.1. The molecule has 3 nitrogen and oxygen atoms in total. The number of anilines is 1. The average molecular weight is 414 g/mol. The molecule has 1 heterocycles. The van der Waals surface area contributed by atoms with Gasteiger partial charge in [0.1, 0.15) is 5.82 Å². The first-order valence-corrected chi connectivity index (χ1v) is 7.57. The highest BCUT2D eigenvalue weighted by Gasteiger charge is 2.18. The van der Waals surface area contributed by atoms with Crippen molar-refractivity contribution >= 4 is 40.0 Å². The van der Waals surface area contributed by atoms with Crippen LogP contribution in [0.4, 0.5) is 10.2 Å². The lowest BCUT2D eigenvalue weighted by Gasteiger charge is -2.07. The van der Waals surface area contributed by atoms with Crippen LogP contribution in [0.1, 0.15) is 0 Å². The van der Waals surface area contributed by atoms with E-state index in [1.54, 1.807) is 24.3 Å². The molecule has 0 saturated heterocycles. The van der Waals surface area contributed by atoms with Crippen LogP contribution in [0.5, 0.6) is 0 Å². The van der Waals surface area contributed by atoms with Crippen LogP contribution in [0.25, 0.3) is 22.4 Å². The van der Waals surface area contributed by atoms with E-state index in [4.69, 9.17) is 17.3 Å². The number of hydrogen-bond acceptors (Lipinski definition) is 2. The molecule has 2 aromatic carbocycles. The lowest BCUT2D eigenvalue weighted by molar-refractivity contribution is 0.631. The molecule has 0 aliphatic carbocycles. The van der Waals surface area contributed by atoms with Gasteiger partial charge in [-0.1, -0.05) is 35.9 Å². The summed E-state index contributed by atoms with van der Waals surface area (Å²) in [6.07, 6.45) is 0. The lowest BCUT2D eigenvalue weighted by atomic mass is 10.0. The fourth-order valence-electron chi connectivity index (χ4n) is 2.15. The number of aromatic amines is 1. The van der Waals surface area contributed by atoms with Gasteiger partial charge in [0, 0.05) is 14.7 Å². The molecule has 0 amide bonds. The third-order valence-electron chi connectivity index (χ3n) is 3.15. The predicted octanol–water partition coefficient (Wildman–Crippen LogP) is 4.72. The topological polar surface area (TPSA) is 54.7 Å². The number of nitrogens with one attached hydrogen (secondary N) is 1. The maximum absolute atomic E-state index is 14.0. The van der Waals surface area contributed by atoms with Gasteiger partial charge in [-0.2, -0.15) is 5.10 Å². The Bertz CT molecular complexity index is 816. The first-order valence-electron chi connectivity index (χ1n) is 6.12. The largest absolute Gasteiger partial charge is 0.382 e. The molecule has 3 rings (SSSR count). The second-order valence-corrected chi connectivity index (χ2v) is 6.04. The molecule has 0 spiro atoms. The van der Waals surface area contributed by atoms with Gasteiger partial charge in [-0.15, -0.1) is 0 Å². The lowest BCUT2D eigenvalue weighted by Crippen LogP contribution is -1.91. The highest BCUT2D eigenvalue weighted by molar-refractivity contribution is 14.1. The zero-order valence-corrected chi connectivity index (χ0v) is 13.6. The smallest absolute Gasteiger partial charge is 0.153 e. The molecule has 6 heteroatoms. The average Bonchev–Trinajstić information content (AvgIpc) is 2.84. The van der Waals surface area contributed by atoms with Gasteiger partial charge in [0.25, 0.3) is 0 Å². The van der Waals surface area contributed by atoms with Crippen LogP contribution in [-0.2, 0) is 0 Å². The van der Waals surface area contributed by atoms with Crippen molar-refractivity contribution in [2.24, 2.45) is 0 Å². The summed E-state index contributed by atoms with van der Waals surface area (Å²) in [5.74, 6) is -0.0896. The second-order valence-electron chi connectivity index (χ2n) is 4.47. The molecule has 0 fully saturated rings. The minimum atomic E-state index is -0.344. The van der Waals surface area contributed by atoms with Gasteiger partial charge in [-0.3, -0.25) is 5.10 Å². The van der Waals surface area contributed by atoms with Crippen LogP contribution in [0.2, 0.25) is 5.02 Å².